The number of fused-ring (bicyclic) bond motifs is 1. The number of anilines is 1. The van der Waals surface area contributed by atoms with E-state index < -0.39 is 0 Å². The lowest BCUT2D eigenvalue weighted by atomic mass is 9.86. The van der Waals surface area contributed by atoms with Crippen molar-refractivity contribution in [3.8, 4) is 0 Å². The summed E-state index contributed by atoms with van der Waals surface area (Å²) in [7, 11) is 1.35. The maximum absolute atomic E-state index is 12.6. The van der Waals surface area contributed by atoms with Crippen LogP contribution in [0.15, 0.2) is 48.5 Å². The lowest BCUT2D eigenvalue weighted by Crippen LogP contribution is -2.36. The molecule has 2 amide bonds. The van der Waals surface area contributed by atoms with Gasteiger partial charge >= 0.3 is 5.97 Å². The molecular formula is C28H35N5O4. The van der Waals surface area contributed by atoms with Gasteiger partial charge in [0.15, 0.2) is 0 Å². The molecule has 1 aromatic heterocycles. The smallest absolute Gasteiger partial charge is 0.305 e. The molecule has 0 radical (unpaired) electrons. The summed E-state index contributed by atoms with van der Waals surface area (Å²) in [6.45, 7) is 0.907. The summed E-state index contributed by atoms with van der Waals surface area (Å²) in [4.78, 5) is 44.3. The average molecular weight is 506 g/mol. The number of carbonyl (C=O) groups excluding carboxylic acids is 3. The summed E-state index contributed by atoms with van der Waals surface area (Å²) in [5.41, 5.74) is 3.28. The number of amides is 2. The maximum Gasteiger partial charge on any atom is 0.305 e. The van der Waals surface area contributed by atoms with Crippen LogP contribution < -0.4 is 16.0 Å². The predicted octanol–water partition coefficient (Wildman–Crippen LogP) is 3.58. The quantitative estimate of drug-likeness (QED) is 0.295. The van der Waals surface area contributed by atoms with Crippen molar-refractivity contribution >= 4 is 34.8 Å². The summed E-state index contributed by atoms with van der Waals surface area (Å²) in [5.74, 6) is 0.633. The van der Waals surface area contributed by atoms with E-state index in [0.29, 0.717) is 30.5 Å². The summed E-state index contributed by atoms with van der Waals surface area (Å²) in [5, 5.41) is 9.34. The lowest BCUT2D eigenvalue weighted by Gasteiger charge is -2.29. The molecule has 1 heterocycles. The molecule has 2 aromatic carbocycles. The third-order valence-electron chi connectivity index (χ3n) is 6.89. The lowest BCUT2D eigenvalue weighted by molar-refractivity contribution is -0.140. The van der Waals surface area contributed by atoms with E-state index in [4.69, 9.17) is 0 Å². The molecule has 196 valence electrons. The molecule has 1 aliphatic rings. The van der Waals surface area contributed by atoms with Gasteiger partial charge in [0.1, 0.15) is 0 Å². The number of imidazole rings is 1. The van der Waals surface area contributed by atoms with Gasteiger partial charge in [-0.1, -0.05) is 30.3 Å². The Hall–Kier alpha value is -3.88. The molecule has 0 aliphatic heterocycles. The maximum atomic E-state index is 12.6. The van der Waals surface area contributed by atoms with Crippen LogP contribution in [0, 0.1) is 5.92 Å². The number of ether oxygens (including phenoxy) is 1. The van der Waals surface area contributed by atoms with E-state index in [0.717, 1.165) is 48.2 Å². The number of esters is 1. The highest BCUT2D eigenvalue weighted by Gasteiger charge is 2.22. The Morgan fingerprint density at radius 1 is 0.973 bits per heavy atom. The number of para-hydroxylation sites is 2. The highest BCUT2D eigenvalue weighted by Crippen LogP contribution is 2.26. The molecule has 1 saturated carbocycles. The van der Waals surface area contributed by atoms with Crippen molar-refractivity contribution in [2.24, 2.45) is 5.92 Å². The minimum absolute atomic E-state index is 0.0678. The molecule has 0 bridgehead atoms. The number of hydrogen-bond donors (Lipinski definition) is 4. The van der Waals surface area contributed by atoms with Gasteiger partial charge in [0.25, 0.3) is 5.91 Å². The first-order valence-corrected chi connectivity index (χ1v) is 12.9. The Balaban J connectivity index is 1.12. The number of aromatic nitrogens is 2. The highest BCUT2D eigenvalue weighted by molar-refractivity contribution is 5.96. The van der Waals surface area contributed by atoms with Crippen molar-refractivity contribution in [3.63, 3.8) is 0 Å². The fourth-order valence-corrected chi connectivity index (χ4v) is 4.76. The highest BCUT2D eigenvalue weighted by atomic mass is 16.5. The molecule has 0 spiro atoms. The largest absolute Gasteiger partial charge is 0.469 e. The van der Waals surface area contributed by atoms with Crippen molar-refractivity contribution < 1.29 is 19.1 Å². The third-order valence-corrected chi connectivity index (χ3v) is 6.89. The minimum Gasteiger partial charge on any atom is -0.469 e. The topological polar surface area (TPSA) is 125 Å². The van der Waals surface area contributed by atoms with Crippen molar-refractivity contribution in [1.82, 2.24) is 20.6 Å². The van der Waals surface area contributed by atoms with Crippen LogP contribution in [0.2, 0.25) is 0 Å². The third kappa shape index (κ3) is 7.55. The Labute approximate surface area is 216 Å². The van der Waals surface area contributed by atoms with Crippen LogP contribution in [0.4, 0.5) is 5.95 Å². The molecule has 4 N–H and O–H groups in total. The molecule has 1 fully saturated rings. The van der Waals surface area contributed by atoms with E-state index in [-0.39, 0.29) is 37.2 Å². The van der Waals surface area contributed by atoms with Crippen LogP contribution in [0.5, 0.6) is 0 Å². The van der Waals surface area contributed by atoms with Gasteiger partial charge in [-0.2, -0.15) is 0 Å². The summed E-state index contributed by atoms with van der Waals surface area (Å²) in [6.07, 6.45) is 4.99. The second-order valence-corrected chi connectivity index (χ2v) is 9.51. The molecule has 0 atom stereocenters. The van der Waals surface area contributed by atoms with E-state index in [1.807, 2.05) is 36.4 Å². The van der Waals surface area contributed by atoms with E-state index >= 15 is 0 Å². The minimum atomic E-state index is -0.317. The summed E-state index contributed by atoms with van der Waals surface area (Å²) in [6, 6.07) is 15.5. The zero-order valence-corrected chi connectivity index (χ0v) is 21.2. The van der Waals surface area contributed by atoms with E-state index in [1.165, 1.54) is 7.11 Å². The zero-order chi connectivity index (χ0) is 26.0. The number of methoxy groups -OCH3 is 1. The molecule has 3 aromatic rings. The number of benzene rings is 2. The van der Waals surface area contributed by atoms with E-state index in [9.17, 15) is 14.4 Å². The SMILES string of the molecule is COC(=O)CCc1ccccc1C(=O)NCCC(=O)NCC1CCC(Nc2nc3ccccc3[nH]2)CC1. The van der Waals surface area contributed by atoms with E-state index in [1.54, 1.807) is 12.1 Å². The van der Waals surface area contributed by atoms with Crippen LogP contribution in [-0.4, -0.2) is 54.0 Å². The van der Waals surface area contributed by atoms with Crippen molar-refractivity contribution in [3.05, 3.63) is 59.7 Å². The van der Waals surface area contributed by atoms with Crippen LogP contribution in [0.3, 0.4) is 0 Å². The van der Waals surface area contributed by atoms with Gasteiger partial charge in [0.2, 0.25) is 11.9 Å². The van der Waals surface area contributed by atoms with Gasteiger partial charge in [-0.25, -0.2) is 4.98 Å². The monoisotopic (exact) mass is 505 g/mol. The summed E-state index contributed by atoms with van der Waals surface area (Å²) >= 11 is 0. The number of aromatic amines is 1. The van der Waals surface area contributed by atoms with Gasteiger partial charge in [-0.15, -0.1) is 0 Å². The Morgan fingerprint density at radius 3 is 2.51 bits per heavy atom. The molecule has 37 heavy (non-hydrogen) atoms. The Kier molecular flexibility index (Phi) is 9.13. The van der Waals surface area contributed by atoms with Gasteiger partial charge < -0.3 is 25.7 Å². The van der Waals surface area contributed by atoms with Gasteiger partial charge in [-0.3, -0.25) is 14.4 Å². The predicted molar refractivity (Wildman–Crippen MR) is 142 cm³/mol. The fourth-order valence-electron chi connectivity index (χ4n) is 4.76. The number of aryl methyl sites for hydroxylation is 1. The molecule has 4 rings (SSSR count). The van der Waals surface area contributed by atoms with Crippen LogP contribution in [-0.2, 0) is 20.7 Å². The fraction of sp³-hybridized carbons (Fsp3) is 0.429. The summed E-state index contributed by atoms with van der Waals surface area (Å²) < 4.78 is 4.68. The van der Waals surface area contributed by atoms with Crippen molar-refractivity contribution in [2.75, 3.05) is 25.5 Å². The number of carbonyl (C=O) groups is 3. The normalized spacial score (nSPS) is 17.2. The van der Waals surface area contributed by atoms with Crippen molar-refractivity contribution in [1.29, 1.82) is 0 Å². The first-order chi connectivity index (χ1) is 18.0. The van der Waals surface area contributed by atoms with Crippen LogP contribution >= 0.6 is 0 Å². The number of nitrogens with zero attached hydrogens (tertiary/aromatic N) is 1. The zero-order valence-electron chi connectivity index (χ0n) is 21.2. The van der Waals surface area contributed by atoms with Gasteiger partial charge in [0.05, 0.1) is 18.1 Å². The Bertz CT molecular complexity index is 1180. The molecule has 1 aliphatic carbocycles. The number of nitrogens with one attached hydrogen (secondary N) is 4. The van der Waals surface area contributed by atoms with Crippen LogP contribution in [0.25, 0.3) is 11.0 Å². The van der Waals surface area contributed by atoms with Crippen LogP contribution in [0.1, 0.15) is 54.4 Å². The first-order valence-electron chi connectivity index (χ1n) is 12.9. The Morgan fingerprint density at radius 2 is 1.73 bits per heavy atom. The van der Waals surface area contributed by atoms with E-state index in [2.05, 4.69) is 30.7 Å². The molecular weight excluding hydrogens is 470 g/mol. The second-order valence-electron chi connectivity index (χ2n) is 9.51. The molecule has 9 heteroatoms. The first kappa shape index (κ1) is 26.2. The number of H-pyrrole nitrogens is 1. The molecule has 9 nitrogen and oxygen atoms in total. The molecule has 0 saturated heterocycles. The van der Waals surface area contributed by atoms with Crippen molar-refractivity contribution in [2.45, 2.75) is 51.0 Å². The average Bonchev–Trinajstić information content (AvgIpc) is 3.33. The number of rotatable bonds is 11. The molecule has 0 unspecified atom stereocenters. The number of hydrogen-bond acceptors (Lipinski definition) is 6. The second kappa shape index (κ2) is 12.9. The van der Waals surface area contributed by atoms with Gasteiger partial charge in [0, 0.05) is 37.5 Å². The van der Waals surface area contributed by atoms with Gasteiger partial charge in [-0.05, 0) is 61.8 Å². The standard InChI is InChI=1S/C28H35N5O4/c1-37-26(35)15-12-20-6-2-3-7-22(20)27(36)29-17-16-25(34)30-18-19-10-13-21(14-11-19)31-28-32-23-8-4-5-9-24(23)33-28/h2-9,19,21H,10-18H2,1H3,(H,29,36)(H,30,34)(H2,31,32,33).